The summed E-state index contributed by atoms with van der Waals surface area (Å²) in [6.45, 7) is 2.85. The maximum atomic E-state index is 11.1. The Morgan fingerprint density at radius 2 is 0.865 bits per heavy atom. The third-order valence-electron chi connectivity index (χ3n) is 8.08. The lowest BCUT2D eigenvalue weighted by molar-refractivity contribution is 0.0957. The number of rotatable bonds is 3. The molecule has 0 atom stereocenters. The number of carbonyl (C=O) groups is 3. The third kappa shape index (κ3) is 9.12. The Labute approximate surface area is 303 Å². The fraction of sp³-hybridized carbons (Fsp3) is 0.156. The first-order chi connectivity index (χ1) is 24.3. The van der Waals surface area contributed by atoms with E-state index in [1.807, 2.05) is 6.07 Å². The molecule has 10 N–H and O–H groups in total. The summed E-state index contributed by atoms with van der Waals surface area (Å²) in [6, 6.07) is 18.7. The van der Waals surface area contributed by atoms with Crippen molar-refractivity contribution in [2.45, 2.75) is 47.4 Å². The summed E-state index contributed by atoms with van der Waals surface area (Å²) in [6.07, 6.45) is 0. The molecule has 52 heavy (non-hydrogen) atoms. The van der Waals surface area contributed by atoms with Gasteiger partial charge in [-0.2, -0.15) is 0 Å². The van der Waals surface area contributed by atoms with Crippen molar-refractivity contribution < 1.29 is 39.6 Å². The number of primary sulfonamides is 2. The highest BCUT2D eigenvalue weighted by atomic mass is 35.7. The predicted octanol–water partition coefficient (Wildman–Crippen LogP) is 0.884. The van der Waals surface area contributed by atoms with Gasteiger partial charge in [0.15, 0.2) is 0 Å². The normalized spacial score (nSPS) is 15.1. The van der Waals surface area contributed by atoms with E-state index >= 15 is 0 Å². The van der Waals surface area contributed by atoms with Crippen LogP contribution < -0.4 is 37.3 Å². The summed E-state index contributed by atoms with van der Waals surface area (Å²) >= 11 is 0. The highest BCUT2D eigenvalue weighted by Gasteiger charge is 2.22. The summed E-state index contributed by atoms with van der Waals surface area (Å²) < 4.78 is 65.9. The minimum absolute atomic E-state index is 0.000000000000000222. The lowest BCUT2D eigenvalue weighted by Gasteiger charge is -2.00. The second-order valence-electron chi connectivity index (χ2n) is 11.7. The fourth-order valence-corrected chi connectivity index (χ4v) is 7.38. The standard InChI is InChI=1S/C8H6ClNO3S.C8H8N2O3S.C8H10N2O2S.C8H8N2O/c2*9-14(12,13)6-1-2-7-5(3-6)4-10-8(7)11;9-13(11,12)8-2-1-6-4-10-5-7(6)3-8;9-6-1-2-7-5(3-6)4-10-8(7)11/h1-3H,4H2,(H,10,11);1-3H,4H2,(H,10,11)(H2,9,12,13);1-3,10H,4-5H2,(H2,9,11,12);1-3H,4,9H2,(H,10,11). The highest BCUT2D eigenvalue weighted by molar-refractivity contribution is 8.13. The van der Waals surface area contributed by atoms with Crippen LogP contribution in [0, 0.1) is 0 Å². The number of anilines is 1. The van der Waals surface area contributed by atoms with Crippen LogP contribution in [0.2, 0.25) is 0 Å². The second-order valence-corrected chi connectivity index (χ2v) is 17.4. The summed E-state index contributed by atoms with van der Waals surface area (Å²) in [5.74, 6) is -0.362. The predicted molar refractivity (Wildman–Crippen MR) is 190 cm³/mol. The van der Waals surface area contributed by atoms with Gasteiger partial charge in [0.2, 0.25) is 20.0 Å². The van der Waals surface area contributed by atoms with Crippen LogP contribution in [0.3, 0.4) is 0 Å². The van der Waals surface area contributed by atoms with Crippen LogP contribution in [0.15, 0.2) is 87.5 Å². The molecular formula is C32H32ClN7O9S3. The molecule has 20 heteroatoms. The number of hydrogen-bond donors (Lipinski definition) is 7. The Morgan fingerprint density at radius 3 is 1.35 bits per heavy atom. The summed E-state index contributed by atoms with van der Waals surface area (Å²) in [5, 5.41) is 21.0. The van der Waals surface area contributed by atoms with E-state index < -0.39 is 29.1 Å². The molecule has 16 nitrogen and oxygen atoms in total. The maximum Gasteiger partial charge on any atom is 0.261 e. The van der Waals surface area contributed by atoms with Gasteiger partial charge in [0.05, 0.1) is 14.7 Å². The molecule has 4 aliphatic rings. The van der Waals surface area contributed by atoms with Crippen molar-refractivity contribution in [2.24, 2.45) is 10.3 Å². The minimum Gasteiger partial charge on any atom is -0.399 e. The van der Waals surface area contributed by atoms with E-state index in [-0.39, 0.29) is 32.4 Å². The van der Waals surface area contributed by atoms with Crippen LogP contribution in [0.5, 0.6) is 0 Å². The molecular weight excluding hydrogens is 758 g/mol. The summed E-state index contributed by atoms with van der Waals surface area (Å²) in [4.78, 5) is 33.5. The Hall–Kier alpha value is -4.89. The SMILES string of the molecule is NS(=O)(=O)c1ccc2c(c1)CNC2.NS(=O)(=O)c1ccc2c(c1)CNC2=O.Nc1ccc2c(c1)CNC2=O.O=C1NCc2cc(S(=O)(=O)Cl)ccc21. The van der Waals surface area contributed by atoms with Gasteiger partial charge in [-0.3, -0.25) is 14.4 Å². The van der Waals surface area contributed by atoms with Gasteiger partial charge in [0.25, 0.3) is 26.8 Å². The first-order valence-electron chi connectivity index (χ1n) is 15.1. The van der Waals surface area contributed by atoms with E-state index in [9.17, 15) is 39.6 Å². The summed E-state index contributed by atoms with van der Waals surface area (Å²) in [5.41, 5.74) is 12.5. The number of sulfonamides is 2. The van der Waals surface area contributed by atoms with Crippen LogP contribution >= 0.6 is 10.7 Å². The van der Waals surface area contributed by atoms with E-state index in [0.717, 1.165) is 35.3 Å². The number of amides is 3. The molecule has 0 aromatic heterocycles. The van der Waals surface area contributed by atoms with Crippen molar-refractivity contribution in [1.29, 1.82) is 0 Å². The van der Waals surface area contributed by atoms with Gasteiger partial charge in [-0.05, 0) is 94.5 Å². The number of nitrogens with one attached hydrogen (secondary N) is 4. The molecule has 274 valence electrons. The average Bonchev–Trinajstić information content (AvgIpc) is 3.87. The molecule has 0 aliphatic carbocycles. The molecule has 3 amide bonds. The zero-order valence-corrected chi connectivity index (χ0v) is 30.2. The van der Waals surface area contributed by atoms with Gasteiger partial charge in [-0.15, -0.1) is 0 Å². The molecule has 4 aromatic carbocycles. The molecule has 0 saturated carbocycles. The number of nitrogen functional groups attached to an aromatic ring is 1. The fourth-order valence-electron chi connectivity index (χ4n) is 5.45. The van der Waals surface area contributed by atoms with Crippen molar-refractivity contribution in [2.75, 3.05) is 5.73 Å². The van der Waals surface area contributed by atoms with Gasteiger partial charge in [-0.1, -0.05) is 6.07 Å². The molecule has 0 unspecified atom stereocenters. The maximum absolute atomic E-state index is 11.1. The number of fused-ring (bicyclic) bond motifs is 4. The largest absolute Gasteiger partial charge is 0.399 e. The van der Waals surface area contributed by atoms with Gasteiger partial charge < -0.3 is 27.0 Å². The molecule has 4 heterocycles. The van der Waals surface area contributed by atoms with Gasteiger partial charge in [-0.25, -0.2) is 35.5 Å². The van der Waals surface area contributed by atoms with Gasteiger partial charge >= 0.3 is 0 Å². The molecule has 8 rings (SSSR count). The Morgan fingerprint density at radius 1 is 0.481 bits per heavy atom. The Bertz CT molecular complexity index is 2360. The molecule has 0 fully saturated rings. The van der Waals surface area contributed by atoms with Crippen molar-refractivity contribution in [1.82, 2.24) is 21.3 Å². The van der Waals surface area contributed by atoms with E-state index in [0.29, 0.717) is 47.6 Å². The number of halogens is 1. The van der Waals surface area contributed by atoms with Crippen LogP contribution in [-0.2, 0) is 61.8 Å². The van der Waals surface area contributed by atoms with E-state index in [1.165, 1.54) is 36.4 Å². The number of hydrogen-bond acceptors (Lipinski definition) is 11. The second kappa shape index (κ2) is 15.0. The summed E-state index contributed by atoms with van der Waals surface area (Å²) in [7, 11) is -5.78. The van der Waals surface area contributed by atoms with E-state index in [4.69, 9.17) is 26.7 Å². The third-order valence-corrected chi connectivity index (χ3v) is 11.3. The zero-order chi connectivity index (χ0) is 38.0. The molecule has 4 aromatic rings. The lowest BCUT2D eigenvalue weighted by atomic mass is 10.1. The quantitative estimate of drug-likeness (QED) is 0.113. The first kappa shape index (κ1) is 38.3. The minimum atomic E-state index is -3.71. The van der Waals surface area contributed by atoms with Crippen molar-refractivity contribution in [3.05, 3.63) is 117 Å². The van der Waals surface area contributed by atoms with Crippen LogP contribution in [-0.4, -0.2) is 43.0 Å². The van der Waals surface area contributed by atoms with Crippen LogP contribution in [0.4, 0.5) is 5.69 Å². The van der Waals surface area contributed by atoms with E-state index in [1.54, 1.807) is 30.3 Å². The van der Waals surface area contributed by atoms with Crippen molar-refractivity contribution >= 4 is 63.2 Å². The molecule has 4 aliphatic heterocycles. The monoisotopic (exact) mass is 789 g/mol. The van der Waals surface area contributed by atoms with E-state index in [2.05, 4.69) is 21.3 Å². The van der Waals surface area contributed by atoms with Crippen molar-refractivity contribution in [3.8, 4) is 0 Å². The first-order valence-corrected chi connectivity index (χ1v) is 20.5. The number of benzene rings is 4. The lowest BCUT2D eigenvalue weighted by Crippen LogP contribution is -2.12. The zero-order valence-electron chi connectivity index (χ0n) is 27.0. The molecule has 0 spiro atoms. The molecule has 0 bridgehead atoms. The number of carbonyl (C=O) groups excluding carboxylic acids is 3. The van der Waals surface area contributed by atoms with Crippen molar-refractivity contribution in [3.63, 3.8) is 0 Å². The Kier molecular flexibility index (Phi) is 11.1. The topological polar surface area (TPSA) is 280 Å². The highest BCUT2D eigenvalue weighted by Crippen LogP contribution is 2.23. The van der Waals surface area contributed by atoms with Gasteiger partial charge in [0.1, 0.15) is 0 Å². The molecule has 0 radical (unpaired) electrons. The van der Waals surface area contributed by atoms with Crippen LogP contribution in [0.1, 0.15) is 58.9 Å². The smallest absolute Gasteiger partial charge is 0.261 e. The average molecular weight is 790 g/mol. The Balaban J connectivity index is 0.000000135. The van der Waals surface area contributed by atoms with Gasteiger partial charge in [0, 0.05) is 65.8 Å². The van der Waals surface area contributed by atoms with Crippen LogP contribution in [0.25, 0.3) is 0 Å². The number of nitrogens with two attached hydrogens (primary N) is 3. The molecule has 0 saturated heterocycles.